The number of carbonyl (C=O) groups is 2. The first-order valence-electron chi connectivity index (χ1n) is 19.0. The molecule has 5 aromatic rings. The van der Waals surface area contributed by atoms with Gasteiger partial charge in [0.15, 0.2) is 5.60 Å². The van der Waals surface area contributed by atoms with Crippen LogP contribution >= 0.6 is 11.3 Å². The second-order valence-electron chi connectivity index (χ2n) is 14.4. The number of nitrogens with one attached hydrogen (secondary N) is 2. The third-order valence-electron chi connectivity index (χ3n) is 9.87. The Morgan fingerprint density at radius 2 is 1.51 bits per heavy atom. The van der Waals surface area contributed by atoms with E-state index < -0.39 is 36.0 Å². The lowest BCUT2D eigenvalue weighted by molar-refractivity contribution is -0.193. The molecule has 0 unspecified atom stereocenters. The molecule has 0 amide bonds. The second kappa shape index (κ2) is 21.5. The lowest BCUT2D eigenvalue weighted by atomic mass is 9.73. The lowest BCUT2D eigenvalue weighted by Gasteiger charge is -2.36. The molecular weight excluding hydrogens is 839 g/mol. The summed E-state index contributed by atoms with van der Waals surface area (Å²) in [6.07, 6.45) is -2.29. The van der Waals surface area contributed by atoms with Crippen LogP contribution in [0.25, 0.3) is 10.2 Å². The first-order valence-corrected chi connectivity index (χ1v) is 19.8. The van der Waals surface area contributed by atoms with Gasteiger partial charge in [-0.2, -0.15) is 26.3 Å². The highest BCUT2D eigenvalue weighted by molar-refractivity contribution is 7.16. The number of phenols is 1. The van der Waals surface area contributed by atoms with Gasteiger partial charge in [0.05, 0.1) is 17.0 Å². The Bertz CT molecular complexity index is 2200. The summed E-state index contributed by atoms with van der Waals surface area (Å²) in [6.45, 7) is 2.63. The highest BCUT2D eigenvalue weighted by Gasteiger charge is 2.44. The van der Waals surface area contributed by atoms with Gasteiger partial charge < -0.3 is 45.2 Å². The summed E-state index contributed by atoms with van der Waals surface area (Å²) < 4.78 is 70.3. The van der Waals surface area contributed by atoms with E-state index >= 15 is 0 Å². The number of rotatable bonds is 14. The zero-order chi connectivity index (χ0) is 45.0. The number of nitrogens with zero attached hydrogens (tertiary/aromatic N) is 2. The van der Waals surface area contributed by atoms with Gasteiger partial charge in [-0.25, -0.2) is 14.6 Å². The van der Waals surface area contributed by atoms with Crippen molar-refractivity contribution in [2.24, 2.45) is 5.92 Å². The van der Waals surface area contributed by atoms with Crippen LogP contribution in [0.5, 0.6) is 5.75 Å². The van der Waals surface area contributed by atoms with Gasteiger partial charge in [-0.3, -0.25) is 4.79 Å². The Labute approximate surface area is 349 Å². The van der Waals surface area contributed by atoms with Crippen LogP contribution in [0.3, 0.4) is 0 Å². The highest BCUT2D eigenvalue weighted by Crippen LogP contribution is 2.43. The van der Waals surface area contributed by atoms with Gasteiger partial charge in [0.2, 0.25) is 5.89 Å². The van der Waals surface area contributed by atoms with Crippen LogP contribution in [0, 0.1) is 5.92 Å². The van der Waals surface area contributed by atoms with Crippen molar-refractivity contribution in [2.75, 3.05) is 26.7 Å². The number of carboxylic acid groups (broad SMARTS) is 2. The average molecular weight is 885 g/mol. The smallest absolute Gasteiger partial charge is 0.490 e. The number of fused-ring (bicyclic) bond motifs is 1. The zero-order valence-electron chi connectivity index (χ0n) is 32.8. The van der Waals surface area contributed by atoms with Crippen molar-refractivity contribution in [3.8, 4) is 5.75 Å². The minimum atomic E-state index is -5.08. The third kappa shape index (κ3) is 13.9. The molecule has 2 aromatic heterocycles. The van der Waals surface area contributed by atoms with Gasteiger partial charge in [0, 0.05) is 37.5 Å². The molecule has 6 rings (SSSR count). The molecule has 0 saturated heterocycles. The normalized spacial score (nSPS) is 15.0. The van der Waals surface area contributed by atoms with Crippen molar-refractivity contribution in [1.82, 2.24) is 20.2 Å². The van der Waals surface area contributed by atoms with E-state index in [1.165, 1.54) is 23.6 Å². The fourth-order valence-electron chi connectivity index (χ4n) is 6.73. The summed E-state index contributed by atoms with van der Waals surface area (Å²) in [5.41, 5.74) is 3.05. The van der Waals surface area contributed by atoms with Gasteiger partial charge >= 0.3 is 29.2 Å². The quantitative estimate of drug-likeness (QED) is 0.0449. The van der Waals surface area contributed by atoms with Gasteiger partial charge in [-0.05, 0) is 55.6 Å². The summed E-state index contributed by atoms with van der Waals surface area (Å²) >= 11 is 0.991. The number of aliphatic hydroxyl groups excluding tert-OH is 1. The van der Waals surface area contributed by atoms with E-state index in [4.69, 9.17) is 24.2 Å². The number of aromatic hydroxyl groups is 1. The topological polar surface area (TPSA) is 209 Å². The number of hydrogen-bond acceptors (Lipinski definition) is 11. The van der Waals surface area contributed by atoms with E-state index in [0.29, 0.717) is 41.2 Å². The molecule has 13 nitrogen and oxygen atoms in total. The monoisotopic (exact) mass is 884 g/mol. The second-order valence-corrected chi connectivity index (χ2v) is 15.4. The Morgan fingerprint density at radius 1 is 0.918 bits per heavy atom. The molecule has 3 aromatic carbocycles. The summed E-state index contributed by atoms with van der Waals surface area (Å²) in [5.74, 6) is -4.23. The predicted octanol–water partition coefficient (Wildman–Crippen LogP) is 6.91. The van der Waals surface area contributed by atoms with E-state index in [9.17, 15) is 46.5 Å². The number of hydrogen-bond donors (Lipinski definition) is 7. The minimum Gasteiger partial charge on any atom is -0.506 e. The molecule has 1 aliphatic carbocycles. The highest BCUT2D eigenvalue weighted by atomic mass is 32.1. The number of aromatic nitrogens is 2. The number of thiazole rings is 1. The van der Waals surface area contributed by atoms with Crippen LogP contribution in [0.4, 0.5) is 26.3 Å². The number of aliphatic hydroxyl groups is 2. The van der Waals surface area contributed by atoms with E-state index in [0.717, 1.165) is 67.9 Å². The molecule has 2 heterocycles. The minimum absolute atomic E-state index is 0.00289. The molecule has 1 fully saturated rings. The van der Waals surface area contributed by atoms with E-state index in [1.807, 2.05) is 30.3 Å². The standard InChI is InChI=1S/C37H44N4O5S.2C2HF3O2/c1-41(21-19-29-22-39-35(46-29)37(45,27-8-4-2-5-9-27)28-10-6-3-7-11-28)24-26-14-12-25(13-15-26)18-20-38-23-32(43)30-16-17-31(42)33-34(30)47-36(44)40-33;2*3-2(4,5)1(6)7/h2,4-5,8-9,12-17,22,28,32,38,42-43,45H,3,6-7,10-11,18-21,23-24H2,1H3,(H,40,44);2*(H,6,7)/t32-,37-;;/m0../s1. The number of halogens is 6. The number of carboxylic acids is 2. The van der Waals surface area contributed by atoms with Crippen LogP contribution in [0.15, 0.2) is 82.1 Å². The third-order valence-corrected chi connectivity index (χ3v) is 10.8. The molecule has 1 aliphatic rings. The number of benzene rings is 3. The van der Waals surface area contributed by atoms with E-state index in [-0.39, 0.29) is 16.5 Å². The summed E-state index contributed by atoms with van der Waals surface area (Å²) in [6, 6.07) is 21.6. The Kier molecular flexibility index (Phi) is 17.0. The van der Waals surface area contributed by atoms with Gasteiger partial charge in [-0.1, -0.05) is 91.3 Å². The molecule has 0 radical (unpaired) electrons. The maximum atomic E-state index is 12.1. The lowest BCUT2D eigenvalue weighted by Crippen LogP contribution is -2.38. The van der Waals surface area contributed by atoms with E-state index in [1.54, 1.807) is 12.3 Å². The van der Waals surface area contributed by atoms with Crippen molar-refractivity contribution in [1.29, 1.82) is 0 Å². The number of oxazole rings is 1. The summed E-state index contributed by atoms with van der Waals surface area (Å²) in [4.78, 5) is 38.8. The Morgan fingerprint density at radius 3 is 2.10 bits per heavy atom. The van der Waals surface area contributed by atoms with Crippen LogP contribution in [0.2, 0.25) is 0 Å². The number of phenolic OH excluding ortho intramolecular Hbond substituents is 1. The molecule has 2 atom stereocenters. The molecule has 1 saturated carbocycles. The van der Waals surface area contributed by atoms with Gasteiger partial charge in [0.25, 0.3) is 0 Å². The number of aromatic amines is 1. The number of H-pyrrole nitrogens is 1. The Hall–Kier alpha value is -5.28. The van der Waals surface area contributed by atoms with Crippen LogP contribution in [-0.2, 0) is 34.6 Å². The van der Waals surface area contributed by atoms with Crippen molar-refractivity contribution >= 4 is 33.5 Å². The molecule has 7 N–H and O–H groups in total. The summed E-state index contributed by atoms with van der Waals surface area (Å²) in [7, 11) is 2.09. The first-order chi connectivity index (χ1) is 28.7. The molecule has 20 heteroatoms. The van der Waals surface area contributed by atoms with Gasteiger partial charge in [0.1, 0.15) is 17.0 Å². The van der Waals surface area contributed by atoms with Crippen LogP contribution in [0.1, 0.15) is 72.1 Å². The zero-order valence-corrected chi connectivity index (χ0v) is 33.6. The number of alkyl halides is 6. The maximum Gasteiger partial charge on any atom is 0.490 e. The molecule has 0 spiro atoms. The van der Waals surface area contributed by atoms with E-state index in [2.05, 4.69) is 51.5 Å². The fourth-order valence-corrected chi connectivity index (χ4v) is 7.65. The molecule has 332 valence electrons. The fraction of sp³-hybridized carbons (Fsp3) is 0.415. The molecular formula is C41H46F6N4O9S. The Balaban J connectivity index is 0.000000504. The molecule has 0 aliphatic heterocycles. The van der Waals surface area contributed by atoms with Crippen molar-refractivity contribution in [2.45, 2.75) is 75.5 Å². The maximum absolute atomic E-state index is 12.1. The number of aliphatic carboxylic acids is 2. The van der Waals surface area contributed by atoms with Gasteiger partial charge in [-0.15, -0.1) is 0 Å². The first kappa shape index (κ1) is 48.4. The number of likely N-dealkylation sites (N-methyl/N-ethyl adjacent to an activating group) is 1. The SMILES string of the molecule is CN(CCc1cnc([C@](O)(c2ccccc2)C2CCCCC2)o1)Cc1ccc(CCNC[C@H](O)c2ccc(O)c3[nH]c(=O)sc23)cc1.O=C(O)C(F)(F)F.O=C(O)C(F)(F)F. The van der Waals surface area contributed by atoms with Crippen LogP contribution < -0.4 is 10.2 Å². The van der Waals surface area contributed by atoms with Crippen molar-refractivity contribution < 1.29 is 65.9 Å². The predicted molar refractivity (Wildman–Crippen MR) is 212 cm³/mol. The van der Waals surface area contributed by atoms with Crippen molar-refractivity contribution in [3.05, 3.63) is 116 Å². The average Bonchev–Trinajstić information content (AvgIpc) is 3.87. The largest absolute Gasteiger partial charge is 0.506 e. The summed E-state index contributed by atoms with van der Waals surface area (Å²) in [5, 5.41) is 50.3. The molecule has 61 heavy (non-hydrogen) atoms. The molecule has 0 bridgehead atoms. The van der Waals surface area contributed by atoms with Crippen LogP contribution in [-0.4, -0.2) is 91.4 Å². The van der Waals surface area contributed by atoms with Crippen molar-refractivity contribution in [3.63, 3.8) is 0 Å².